The van der Waals surface area contributed by atoms with Crippen LogP contribution in [-0.2, 0) is 6.54 Å². The summed E-state index contributed by atoms with van der Waals surface area (Å²) in [6.07, 6.45) is 0. The third-order valence-corrected chi connectivity index (χ3v) is 3.07. The van der Waals surface area contributed by atoms with Gasteiger partial charge < -0.3 is 11.1 Å². The monoisotopic (exact) mass is 280 g/mol. The fourth-order valence-corrected chi connectivity index (χ4v) is 1.97. The number of rotatable bonds is 4. The van der Waals surface area contributed by atoms with Crippen molar-refractivity contribution in [3.8, 4) is 0 Å². The Morgan fingerprint density at radius 3 is 2.70 bits per heavy atom. The highest BCUT2D eigenvalue weighted by atomic mass is 19.1. The average molecular weight is 280 g/mol. The molecular weight excluding hydrogens is 262 g/mol. The van der Waals surface area contributed by atoms with Crippen LogP contribution in [0.5, 0.6) is 0 Å². The predicted molar refractivity (Wildman–Crippen MR) is 75.4 cm³/mol. The van der Waals surface area contributed by atoms with E-state index in [1.54, 1.807) is 4.68 Å². The van der Waals surface area contributed by atoms with Crippen LogP contribution >= 0.6 is 0 Å². The zero-order chi connectivity index (χ0) is 14.9. The van der Waals surface area contributed by atoms with E-state index in [1.165, 1.54) is 6.07 Å². The van der Waals surface area contributed by atoms with E-state index in [1.807, 2.05) is 20.8 Å². The van der Waals surface area contributed by atoms with Crippen molar-refractivity contribution in [1.29, 1.82) is 0 Å². The van der Waals surface area contributed by atoms with E-state index in [2.05, 4.69) is 10.4 Å². The first kappa shape index (κ1) is 14.3. The summed E-state index contributed by atoms with van der Waals surface area (Å²) in [5.41, 5.74) is 7.44. The van der Waals surface area contributed by atoms with Gasteiger partial charge in [-0.15, -0.1) is 0 Å². The largest absolute Gasteiger partial charge is 0.394 e. The number of nitrogens with zero attached hydrogens (tertiary/aromatic N) is 2. The highest BCUT2D eigenvalue weighted by Gasteiger charge is 2.15. The van der Waals surface area contributed by atoms with Crippen LogP contribution in [0.15, 0.2) is 18.2 Å². The molecular formula is C14H18F2N4. The van der Waals surface area contributed by atoms with Gasteiger partial charge in [0.1, 0.15) is 17.5 Å². The molecule has 0 unspecified atom stereocenters. The second kappa shape index (κ2) is 5.48. The van der Waals surface area contributed by atoms with Gasteiger partial charge in [0.2, 0.25) is 0 Å². The number of aryl methyl sites for hydroxylation is 1. The summed E-state index contributed by atoms with van der Waals surface area (Å²) in [5.74, 6) is -0.296. The van der Waals surface area contributed by atoms with Crippen molar-refractivity contribution in [2.24, 2.45) is 0 Å². The number of nitrogens with two attached hydrogens (primary N) is 1. The first-order valence-corrected chi connectivity index (χ1v) is 6.42. The van der Waals surface area contributed by atoms with E-state index in [4.69, 9.17) is 5.73 Å². The standard InChI is InChI=1S/C14H18F2N4/c1-8(2)20-14(13(17)9(3)19-20)18-7-10-6-11(15)4-5-12(10)16/h4-6,8,18H,7,17H2,1-3H3. The van der Waals surface area contributed by atoms with E-state index in [0.29, 0.717) is 17.2 Å². The number of nitrogens with one attached hydrogen (secondary N) is 1. The molecule has 0 aliphatic rings. The number of hydrogen-bond donors (Lipinski definition) is 2. The van der Waals surface area contributed by atoms with Crippen LogP contribution in [0.2, 0.25) is 0 Å². The molecule has 1 heterocycles. The Hall–Kier alpha value is -2.11. The van der Waals surface area contributed by atoms with Gasteiger partial charge in [-0.3, -0.25) is 0 Å². The Morgan fingerprint density at radius 2 is 2.05 bits per heavy atom. The first-order chi connectivity index (χ1) is 9.40. The summed E-state index contributed by atoms with van der Waals surface area (Å²) in [6, 6.07) is 3.49. The molecule has 0 bridgehead atoms. The van der Waals surface area contributed by atoms with E-state index in [0.717, 1.165) is 12.1 Å². The molecule has 6 heteroatoms. The molecule has 2 aromatic rings. The van der Waals surface area contributed by atoms with Crippen molar-refractivity contribution in [3.63, 3.8) is 0 Å². The van der Waals surface area contributed by atoms with Gasteiger partial charge in [-0.2, -0.15) is 5.10 Å². The van der Waals surface area contributed by atoms with E-state index in [-0.39, 0.29) is 18.2 Å². The maximum atomic E-state index is 13.6. The Labute approximate surface area is 116 Å². The molecule has 0 aliphatic heterocycles. The third kappa shape index (κ3) is 2.74. The SMILES string of the molecule is Cc1nn(C(C)C)c(NCc2cc(F)ccc2F)c1N. The van der Waals surface area contributed by atoms with E-state index in [9.17, 15) is 8.78 Å². The molecule has 20 heavy (non-hydrogen) atoms. The molecule has 1 aromatic heterocycles. The average Bonchev–Trinajstić information content (AvgIpc) is 2.67. The quantitative estimate of drug-likeness (QED) is 0.904. The summed E-state index contributed by atoms with van der Waals surface area (Å²) < 4.78 is 28.4. The summed E-state index contributed by atoms with van der Waals surface area (Å²) in [7, 11) is 0. The number of anilines is 2. The fourth-order valence-electron chi connectivity index (χ4n) is 1.97. The summed E-state index contributed by atoms with van der Waals surface area (Å²) >= 11 is 0. The summed E-state index contributed by atoms with van der Waals surface area (Å²) in [6.45, 7) is 5.90. The second-order valence-electron chi connectivity index (χ2n) is 4.98. The molecule has 0 radical (unpaired) electrons. The normalized spacial score (nSPS) is 11.1. The van der Waals surface area contributed by atoms with Crippen LogP contribution < -0.4 is 11.1 Å². The Bertz CT molecular complexity index is 620. The Kier molecular flexibility index (Phi) is 3.92. The summed E-state index contributed by atoms with van der Waals surface area (Å²) in [4.78, 5) is 0. The van der Waals surface area contributed by atoms with Gasteiger partial charge in [0.25, 0.3) is 0 Å². The molecule has 0 fully saturated rings. The molecule has 0 saturated heterocycles. The van der Waals surface area contributed by atoms with Gasteiger partial charge in [-0.05, 0) is 39.0 Å². The molecule has 2 rings (SSSR count). The minimum Gasteiger partial charge on any atom is -0.394 e. The topological polar surface area (TPSA) is 55.9 Å². The van der Waals surface area contributed by atoms with E-state index < -0.39 is 11.6 Å². The number of benzene rings is 1. The molecule has 0 aliphatic carbocycles. The van der Waals surface area contributed by atoms with Crippen LogP contribution in [0.4, 0.5) is 20.3 Å². The van der Waals surface area contributed by atoms with Gasteiger partial charge in [-0.25, -0.2) is 13.5 Å². The van der Waals surface area contributed by atoms with Gasteiger partial charge >= 0.3 is 0 Å². The van der Waals surface area contributed by atoms with Crippen LogP contribution in [0, 0.1) is 18.6 Å². The maximum absolute atomic E-state index is 13.6. The van der Waals surface area contributed by atoms with Gasteiger partial charge in [0, 0.05) is 18.2 Å². The lowest BCUT2D eigenvalue weighted by Crippen LogP contribution is -2.11. The van der Waals surface area contributed by atoms with Crippen LogP contribution in [0.1, 0.15) is 31.1 Å². The number of halogens is 2. The van der Waals surface area contributed by atoms with Crippen molar-refractivity contribution < 1.29 is 8.78 Å². The lowest BCUT2D eigenvalue weighted by molar-refractivity contribution is 0.533. The molecule has 0 spiro atoms. The molecule has 3 N–H and O–H groups in total. The van der Waals surface area contributed by atoms with Gasteiger partial charge in [0.15, 0.2) is 0 Å². The smallest absolute Gasteiger partial charge is 0.148 e. The molecule has 0 saturated carbocycles. The highest BCUT2D eigenvalue weighted by molar-refractivity contribution is 5.65. The molecule has 1 aromatic carbocycles. The lowest BCUT2D eigenvalue weighted by Gasteiger charge is -2.13. The van der Waals surface area contributed by atoms with Crippen LogP contribution in [-0.4, -0.2) is 9.78 Å². The Morgan fingerprint density at radius 1 is 1.35 bits per heavy atom. The number of nitrogen functional groups attached to an aromatic ring is 1. The van der Waals surface area contributed by atoms with E-state index >= 15 is 0 Å². The second-order valence-corrected chi connectivity index (χ2v) is 4.98. The fraction of sp³-hybridized carbons (Fsp3) is 0.357. The first-order valence-electron chi connectivity index (χ1n) is 6.42. The Balaban J connectivity index is 2.25. The van der Waals surface area contributed by atoms with Crippen molar-refractivity contribution in [3.05, 3.63) is 41.1 Å². The van der Waals surface area contributed by atoms with Crippen LogP contribution in [0.25, 0.3) is 0 Å². The maximum Gasteiger partial charge on any atom is 0.148 e. The zero-order valence-corrected chi connectivity index (χ0v) is 11.7. The molecule has 108 valence electrons. The van der Waals surface area contributed by atoms with Crippen molar-refractivity contribution in [2.75, 3.05) is 11.1 Å². The lowest BCUT2D eigenvalue weighted by atomic mass is 10.2. The minimum atomic E-state index is -0.468. The molecule has 0 atom stereocenters. The predicted octanol–water partition coefficient (Wildman–Crippen LogP) is 3.24. The summed E-state index contributed by atoms with van der Waals surface area (Å²) in [5, 5.41) is 7.36. The van der Waals surface area contributed by atoms with Gasteiger partial charge in [-0.1, -0.05) is 0 Å². The number of hydrogen-bond acceptors (Lipinski definition) is 3. The number of aromatic nitrogens is 2. The molecule has 0 amide bonds. The third-order valence-electron chi connectivity index (χ3n) is 3.07. The van der Waals surface area contributed by atoms with Crippen molar-refractivity contribution in [1.82, 2.24) is 9.78 Å². The van der Waals surface area contributed by atoms with Crippen molar-refractivity contribution >= 4 is 11.5 Å². The van der Waals surface area contributed by atoms with Crippen molar-refractivity contribution in [2.45, 2.75) is 33.4 Å². The van der Waals surface area contributed by atoms with Crippen LogP contribution in [0.3, 0.4) is 0 Å². The molecule has 4 nitrogen and oxygen atoms in total. The zero-order valence-electron chi connectivity index (χ0n) is 11.7. The minimum absolute atomic E-state index is 0.117. The van der Waals surface area contributed by atoms with Gasteiger partial charge in [0.05, 0.1) is 11.4 Å². The highest BCUT2D eigenvalue weighted by Crippen LogP contribution is 2.26.